The van der Waals surface area contributed by atoms with Crippen molar-refractivity contribution in [2.75, 3.05) is 18.0 Å². The van der Waals surface area contributed by atoms with E-state index in [0.717, 1.165) is 16.7 Å². The molecule has 9 nitrogen and oxygen atoms in total. The van der Waals surface area contributed by atoms with Gasteiger partial charge in [-0.15, -0.1) is 11.3 Å². The van der Waals surface area contributed by atoms with Gasteiger partial charge >= 0.3 is 0 Å². The molecule has 2 heterocycles. The number of nitrogens with one attached hydrogen (secondary N) is 2. The third kappa shape index (κ3) is 5.16. The normalized spacial score (nSPS) is 11.1. The van der Waals surface area contributed by atoms with Gasteiger partial charge in [-0.2, -0.15) is 0 Å². The molecule has 2 aromatic heterocycles. The summed E-state index contributed by atoms with van der Waals surface area (Å²) < 4.78 is 32.0. The maximum atomic E-state index is 12.6. The second kappa shape index (κ2) is 9.89. The van der Waals surface area contributed by atoms with Crippen molar-refractivity contribution in [1.29, 1.82) is 0 Å². The van der Waals surface area contributed by atoms with Crippen LogP contribution in [0, 0.1) is 0 Å². The summed E-state index contributed by atoms with van der Waals surface area (Å²) in [4.78, 5) is 28.6. The zero-order chi connectivity index (χ0) is 24.1. The van der Waals surface area contributed by atoms with Gasteiger partial charge in [0.25, 0.3) is 21.8 Å². The molecule has 0 aliphatic rings. The summed E-state index contributed by atoms with van der Waals surface area (Å²) in [6.45, 7) is -0.353. The molecular formula is C23H20N4O5S2. The van der Waals surface area contributed by atoms with E-state index in [9.17, 15) is 18.0 Å². The number of benzene rings is 2. The summed E-state index contributed by atoms with van der Waals surface area (Å²) in [7, 11) is -2.17. The number of hydrogen-bond donors (Lipinski definition) is 2. The highest BCUT2D eigenvalue weighted by molar-refractivity contribution is 7.94. The Morgan fingerprint density at radius 2 is 1.74 bits per heavy atom. The van der Waals surface area contributed by atoms with Crippen LogP contribution in [0.4, 0.5) is 5.69 Å². The maximum absolute atomic E-state index is 12.6. The molecule has 0 spiro atoms. The van der Waals surface area contributed by atoms with E-state index in [1.807, 2.05) is 18.2 Å². The zero-order valence-electron chi connectivity index (χ0n) is 18.0. The van der Waals surface area contributed by atoms with Crippen molar-refractivity contribution in [2.45, 2.75) is 4.21 Å². The van der Waals surface area contributed by atoms with Crippen LogP contribution in [0.25, 0.3) is 10.9 Å². The number of sulfonamides is 1. The topological polar surface area (TPSA) is 118 Å². The van der Waals surface area contributed by atoms with Gasteiger partial charge in [-0.05, 0) is 47.8 Å². The average molecular weight is 497 g/mol. The summed E-state index contributed by atoms with van der Waals surface area (Å²) in [5, 5.41) is 2.60. The van der Waals surface area contributed by atoms with Crippen LogP contribution in [0.15, 0.2) is 82.4 Å². The van der Waals surface area contributed by atoms with E-state index in [0.29, 0.717) is 17.0 Å². The molecule has 34 heavy (non-hydrogen) atoms. The first-order valence-electron chi connectivity index (χ1n) is 10.0. The number of ether oxygens (including phenoxy) is 1. The number of nitrogens with zero attached hydrogens (tertiary/aromatic N) is 2. The third-order valence-corrected chi connectivity index (χ3v) is 7.99. The molecule has 2 amide bonds. The predicted molar refractivity (Wildman–Crippen MR) is 129 cm³/mol. The molecule has 0 bridgehead atoms. The Kier molecular flexibility index (Phi) is 6.75. The first-order valence-corrected chi connectivity index (χ1v) is 12.4. The smallest absolute Gasteiger partial charge is 0.288 e. The number of thiophene rings is 1. The van der Waals surface area contributed by atoms with Crippen LogP contribution in [-0.2, 0) is 14.8 Å². The molecule has 0 fully saturated rings. The minimum Gasteiger partial charge on any atom is -0.484 e. The van der Waals surface area contributed by atoms with Crippen LogP contribution >= 0.6 is 11.3 Å². The van der Waals surface area contributed by atoms with Gasteiger partial charge in [0.15, 0.2) is 6.61 Å². The number of rotatable bonds is 7. The Labute approximate surface area is 200 Å². The second-order valence-corrected chi connectivity index (χ2v) is 10.2. The van der Waals surface area contributed by atoms with E-state index in [1.54, 1.807) is 60.0 Å². The van der Waals surface area contributed by atoms with Crippen LogP contribution in [-0.4, -0.2) is 38.9 Å². The van der Waals surface area contributed by atoms with E-state index in [2.05, 4.69) is 15.8 Å². The maximum Gasteiger partial charge on any atom is 0.288 e. The highest BCUT2D eigenvalue weighted by Crippen LogP contribution is 2.26. The monoisotopic (exact) mass is 496 g/mol. The van der Waals surface area contributed by atoms with Crippen LogP contribution in [0.2, 0.25) is 0 Å². The molecule has 2 N–H and O–H groups in total. The fourth-order valence-electron chi connectivity index (χ4n) is 3.00. The number of aromatic nitrogens is 1. The predicted octanol–water partition coefficient (Wildman–Crippen LogP) is 2.96. The van der Waals surface area contributed by atoms with Crippen LogP contribution < -0.4 is 19.9 Å². The molecule has 11 heteroatoms. The average Bonchev–Trinajstić information content (AvgIpc) is 3.41. The van der Waals surface area contributed by atoms with Gasteiger partial charge < -0.3 is 4.74 Å². The molecule has 0 atom stereocenters. The summed E-state index contributed by atoms with van der Waals surface area (Å²) in [5.41, 5.74) is 5.85. The summed E-state index contributed by atoms with van der Waals surface area (Å²) in [6.07, 6.45) is 0. The fraction of sp³-hybridized carbons (Fsp3) is 0.0870. The highest BCUT2D eigenvalue weighted by Gasteiger charge is 2.22. The molecule has 174 valence electrons. The Hall–Kier alpha value is -3.96. The van der Waals surface area contributed by atoms with Gasteiger partial charge in [-0.25, -0.2) is 13.4 Å². The number of carbonyl (C=O) groups excluding carboxylic acids is 2. The Balaban J connectivity index is 1.28. The standard InChI is InChI=1S/C23H20N4O5S2/c1-27(34(30,31)22-7-4-14-33-22)17-9-11-18(12-10-17)32-15-21(28)25-26-23(29)20-13-8-16-5-2-3-6-19(16)24-20/h2-14H,15H2,1H3,(H,25,28)(H,26,29). The summed E-state index contributed by atoms with van der Waals surface area (Å²) >= 11 is 1.14. The van der Waals surface area contributed by atoms with E-state index >= 15 is 0 Å². The first kappa shape index (κ1) is 23.2. The van der Waals surface area contributed by atoms with E-state index in [1.165, 1.54) is 11.4 Å². The molecule has 0 aliphatic carbocycles. The van der Waals surface area contributed by atoms with Gasteiger partial charge in [0, 0.05) is 12.4 Å². The number of amides is 2. The lowest BCUT2D eigenvalue weighted by Gasteiger charge is -2.18. The molecular weight excluding hydrogens is 476 g/mol. The molecule has 0 radical (unpaired) electrons. The van der Waals surface area contributed by atoms with Crippen molar-refractivity contribution in [3.05, 3.63) is 83.9 Å². The van der Waals surface area contributed by atoms with Crippen molar-refractivity contribution in [1.82, 2.24) is 15.8 Å². The van der Waals surface area contributed by atoms with Gasteiger partial charge in [0.2, 0.25) is 0 Å². The lowest BCUT2D eigenvalue weighted by atomic mass is 10.2. The number of pyridine rings is 1. The third-order valence-electron chi connectivity index (χ3n) is 4.83. The summed E-state index contributed by atoms with van der Waals surface area (Å²) in [5.74, 6) is -0.766. The van der Waals surface area contributed by atoms with E-state index < -0.39 is 21.8 Å². The number of anilines is 1. The largest absolute Gasteiger partial charge is 0.484 e. The number of para-hydroxylation sites is 1. The van der Waals surface area contributed by atoms with Crippen LogP contribution in [0.1, 0.15) is 10.5 Å². The SMILES string of the molecule is CN(c1ccc(OCC(=O)NNC(=O)c2ccc3ccccc3n2)cc1)S(=O)(=O)c1cccs1. The molecule has 4 aromatic rings. The number of fused-ring (bicyclic) bond motifs is 1. The van der Waals surface area contributed by atoms with Crippen molar-refractivity contribution in [3.63, 3.8) is 0 Å². The van der Waals surface area contributed by atoms with Crippen LogP contribution in [0.3, 0.4) is 0 Å². The quantitative estimate of drug-likeness (QED) is 0.380. The molecule has 0 unspecified atom stereocenters. The zero-order valence-corrected chi connectivity index (χ0v) is 19.6. The minimum absolute atomic E-state index is 0.164. The van der Waals surface area contributed by atoms with Gasteiger partial charge in [0.05, 0.1) is 11.2 Å². The van der Waals surface area contributed by atoms with Crippen molar-refractivity contribution >= 4 is 49.8 Å². The molecule has 2 aromatic carbocycles. The number of hydrogen-bond acceptors (Lipinski definition) is 7. The first-order chi connectivity index (χ1) is 16.3. The van der Waals surface area contributed by atoms with E-state index in [-0.39, 0.29) is 16.5 Å². The lowest BCUT2D eigenvalue weighted by molar-refractivity contribution is -0.123. The molecule has 0 aliphatic heterocycles. The summed E-state index contributed by atoms with van der Waals surface area (Å²) in [6, 6.07) is 20.2. The van der Waals surface area contributed by atoms with Gasteiger partial charge in [-0.3, -0.25) is 24.7 Å². The van der Waals surface area contributed by atoms with Gasteiger partial charge in [0.1, 0.15) is 15.7 Å². The molecule has 0 saturated carbocycles. The Morgan fingerprint density at radius 1 is 0.971 bits per heavy atom. The molecule has 0 saturated heterocycles. The van der Waals surface area contributed by atoms with E-state index in [4.69, 9.17) is 4.74 Å². The lowest BCUT2D eigenvalue weighted by Crippen LogP contribution is -2.44. The highest BCUT2D eigenvalue weighted by atomic mass is 32.2. The van der Waals surface area contributed by atoms with Crippen LogP contribution in [0.5, 0.6) is 5.75 Å². The van der Waals surface area contributed by atoms with Crippen molar-refractivity contribution < 1.29 is 22.7 Å². The Morgan fingerprint density at radius 3 is 2.47 bits per heavy atom. The molecule has 4 rings (SSSR count). The second-order valence-electron chi connectivity index (χ2n) is 7.08. The number of carbonyl (C=O) groups is 2. The Bertz CT molecular complexity index is 1420. The van der Waals surface area contributed by atoms with Crippen molar-refractivity contribution in [3.8, 4) is 5.75 Å². The van der Waals surface area contributed by atoms with Crippen molar-refractivity contribution in [2.24, 2.45) is 0 Å². The number of hydrazine groups is 1. The van der Waals surface area contributed by atoms with Gasteiger partial charge in [-0.1, -0.05) is 30.3 Å². The fourth-order valence-corrected chi connectivity index (χ4v) is 5.36. The minimum atomic E-state index is -3.64.